The molecule has 2 heteroatoms. The summed E-state index contributed by atoms with van der Waals surface area (Å²) in [6.45, 7) is 14.3. The number of benzene rings is 2. The summed E-state index contributed by atoms with van der Waals surface area (Å²) >= 11 is -2.87. The summed E-state index contributed by atoms with van der Waals surface area (Å²) in [6, 6.07) is 12.3. The first kappa shape index (κ1) is 24.6. The molecule has 0 aromatic heterocycles. The van der Waals surface area contributed by atoms with Gasteiger partial charge >= 0.3 is 221 Å². The van der Waals surface area contributed by atoms with E-state index in [0.29, 0.717) is 5.54 Å². The van der Waals surface area contributed by atoms with Gasteiger partial charge in [-0.05, 0) is 0 Å². The van der Waals surface area contributed by atoms with E-state index in [0.717, 1.165) is 24.2 Å². The Morgan fingerprint density at radius 3 is 1.89 bits per heavy atom. The molecule has 4 fully saturated rings. The molecule has 1 N–H and O–H groups in total. The first-order valence-corrected chi connectivity index (χ1v) is 21.7. The van der Waals surface area contributed by atoms with Crippen molar-refractivity contribution >= 4 is 3.27 Å². The Bertz CT molecular complexity index is 1140. The number of hydrogen-bond donors (Lipinski definition) is 1. The molecule has 0 radical (unpaired) electrons. The molecule has 4 saturated carbocycles. The van der Waals surface area contributed by atoms with Crippen LogP contribution < -0.4 is 6.53 Å². The molecule has 5 aliphatic rings. The molecule has 2 aromatic carbocycles. The molecule has 0 atom stereocenters. The molecule has 188 valence electrons. The SMILES string of the molecule is CC(C)(C)c1ccc2c(c1)Cc1c-2ccc(C(C)(C)C)[c]1[Zr]([CH3])([CH3])[NH]C12CC3CC(CC(C3)C1)C2. The second kappa shape index (κ2) is 7.90. The van der Waals surface area contributed by atoms with E-state index in [1.165, 1.54) is 55.2 Å². The predicted octanol–water partition coefficient (Wildman–Crippen LogP) is 8.20. The second-order valence-electron chi connectivity index (χ2n) is 15.5. The van der Waals surface area contributed by atoms with E-state index in [1.54, 1.807) is 20.0 Å². The Hall–Kier alpha value is -0.717. The monoisotopic (exact) mass is 547 g/mol. The van der Waals surface area contributed by atoms with Crippen LogP contribution in [-0.4, -0.2) is 5.54 Å². The van der Waals surface area contributed by atoms with Gasteiger partial charge in [0, 0.05) is 0 Å². The molecule has 7 rings (SSSR count). The van der Waals surface area contributed by atoms with Crippen LogP contribution in [0.15, 0.2) is 30.3 Å². The second-order valence-corrected chi connectivity index (χ2v) is 25.3. The van der Waals surface area contributed by atoms with Crippen LogP contribution in [-0.2, 0) is 37.8 Å². The molecule has 0 saturated heterocycles. The Labute approximate surface area is 219 Å². The summed E-state index contributed by atoms with van der Waals surface area (Å²) in [5.41, 5.74) is 10.2. The molecular formula is C33H47NZr. The van der Waals surface area contributed by atoms with Crippen molar-refractivity contribution in [1.29, 1.82) is 0 Å². The van der Waals surface area contributed by atoms with Gasteiger partial charge in [0.25, 0.3) is 0 Å². The van der Waals surface area contributed by atoms with E-state index in [-0.39, 0.29) is 10.8 Å². The van der Waals surface area contributed by atoms with Crippen LogP contribution in [0.1, 0.15) is 102 Å². The van der Waals surface area contributed by atoms with Crippen LogP contribution in [0, 0.1) is 17.8 Å². The van der Waals surface area contributed by atoms with E-state index < -0.39 is 20.6 Å². The summed E-state index contributed by atoms with van der Waals surface area (Å²) in [4.78, 5) is 0. The topological polar surface area (TPSA) is 12.0 Å². The first-order chi connectivity index (χ1) is 16.2. The zero-order valence-corrected chi connectivity index (χ0v) is 26.0. The van der Waals surface area contributed by atoms with E-state index in [2.05, 4.69) is 84.4 Å². The van der Waals surface area contributed by atoms with Gasteiger partial charge in [0.2, 0.25) is 0 Å². The van der Waals surface area contributed by atoms with Gasteiger partial charge in [-0.15, -0.1) is 0 Å². The van der Waals surface area contributed by atoms with Gasteiger partial charge < -0.3 is 0 Å². The maximum atomic E-state index is 4.63. The minimum atomic E-state index is -2.87. The fourth-order valence-corrected chi connectivity index (χ4v) is 18.6. The summed E-state index contributed by atoms with van der Waals surface area (Å²) in [6.07, 6.45) is 10.1. The van der Waals surface area contributed by atoms with Crippen LogP contribution in [0.5, 0.6) is 0 Å². The van der Waals surface area contributed by atoms with Gasteiger partial charge in [-0.1, -0.05) is 0 Å². The number of nitrogens with one attached hydrogen (secondary N) is 1. The summed E-state index contributed by atoms with van der Waals surface area (Å²) in [7, 11) is 0. The fraction of sp³-hybridized carbons (Fsp3) is 0.636. The normalized spacial score (nSPS) is 29.4. The third-order valence-corrected chi connectivity index (χ3v) is 17.3. The van der Waals surface area contributed by atoms with Gasteiger partial charge in [0.05, 0.1) is 0 Å². The third-order valence-electron chi connectivity index (χ3n) is 9.99. The van der Waals surface area contributed by atoms with Crippen molar-refractivity contribution in [2.75, 3.05) is 0 Å². The van der Waals surface area contributed by atoms with Crippen molar-refractivity contribution in [3.8, 4) is 11.1 Å². The molecular weight excluding hydrogens is 502 g/mol. The molecule has 5 aliphatic carbocycles. The molecule has 1 nitrogen and oxygen atoms in total. The third kappa shape index (κ3) is 4.18. The van der Waals surface area contributed by atoms with Crippen molar-refractivity contribution in [1.82, 2.24) is 3.26 Å². The minimum absolute atomic E-state index is 0.174. The van der Waals surface area contributed by atoms with Crippen molar-refractivity contribution in [2.24, 2.45) is 17.8 Å². The van der Waals surface area contributed by atoms with Crippen LogP contribution in [0.2, 0.25) is 9.26 Å². The van der Waals surface area contributed by atoms with Gasteiger partial charge in [-0.2, -0.15) is 0 Å². The summed E-state index contributed by atoms with van der Waals surface area (Å²) in [5.74, 6) is 3.00. The number of fused-ring (bicyclic) bond motifs is 3. The Morgan fingerprint density at radius 2 is 1.34 bits per heavy atom. The van der Waals surface area contributed by atoms with E-state index in [9.17, 15) is 0 Å². The van der Waals surface area contributed by atoms with Gasteiger partial charge in [-0.3, -0.25) is 0 Å². The molecule has 2 aromatic rings. The van der Waals surface area contributed by atoms with Gasteiger partial charge in [-0.25, -0.2) is 0 Å². The van der Waals surface area contributed by atoms with Crippen LogP contribution in [0.3, 0.4) is 0 Å². The molecule has 4 bridgehead atoms. The van der Waals surface area contributed by atoms with E-state index in [1.807, 2.05) is 0 Å². The average molecular weight is 549 g/mol. The first-order valence-electron chi connectivity index (χ1n) is 14.3. The summed E-state index contributed by atoms with van der Waals surface area (Å²) in [5, 5.41) is 0. The summed E-state index contributed by atoms with van der Waals surface area (Å²) < 4.78 is 11.9. The molecule has 0 aliphatic heterocycles. The van der Waals surface area contributed by atoms with Crippen molar-refractivity contribution in [2.45, 2.75) is 112 Å². The van der Waals surface area contributed by atoms with E-state index >= 15 is 0 Å². The Morgan fingerprint density at radius 1 is 0.771 bits per heavy atom. The standard InChI is InChI=1S/C21H25.C10H16N.2CH3.Zr/c1-20(2,3)16-7-9-18-14(12-16)11-15-13-17(21(4,5)6)8-10-19(15)18;11-10-4-7-1-8(5-10)3-9(2-7)6-10;;;/h7-10,12H,11H2,1-6H3;7-9,11H,1-6H2;2*1H3;/q;-1;;;+1. The van der Waals surface area contributed by atoms with Crippen molar-refractivity contribution < 1.29 is 20.6 Å². The Balaban J connectivity index is 1.44. The molecule has 0 unspecified atom stereocenters. The molecule has 0 spiro atoms. The van der Waals surface area contributed by atoms with Crippen LogP contribution in [0.25, 0.3) is 11.1 Å². The van der Waals surface area contributed by atoms with Crippen LogP contribution >= 0.6 is 0 Å². The molecule has 35 heavy (non-hydrogen) atoms. The fourth-order valence-electron chi connectivity index (χ4n) is 9.07. The van der Waals surface area contributed by atoms with Gasteiger partial charge in [0.15, 0.2) is 0 Å². The van der Waals surface area contributed by atoms with E-state index in [4.69, 9.17) is 0 Å². The maximum absolute atomic E-state index is 4.63. The molecule has 0 amide bonds. The van der Waals surface area contributed by atoms with Gasteiger partial charge in [0.1, 0.15) is 0 Å². The van der Waals surface area contributed by atoms with Crippen molar-refractivity contribution in [3.05, 3.63) is 52.6 Å². The van der Waals surface area contributed by atoms with Crippen molar-refractivity contribution in [3.63, 3.8) is 0 Å². The zero-order valence-electron chi connectivity index (χ0n) is 23.6. The average Bonchev–Trinajstić information content (AvgIpc) is 3.07. The quantitative estimate of drug-likeness (QED) is 0.348. The van der Waals surface area contributed by atoms with Crippen LogP contribution in [0.4, 0.5) is 0 Å². The predicted molar refractivity (Wildman–Crippen MR) is 147 cm³/mol. The number of hydrogen-bond acceptors (Lipinski definition) is 1. The zero-order chi connectivity index (χ0) is 25.0. The number of rotatable bonds is 3. The molecule has 0 heterocycles. The Kier molecular flexibility index (Phi) is 5.55.